The second kappa shape index (κ2) is 13.9. The van der Waals surface area contributed by atoms with E-state index >= 15 is 0 Å². The maximum absolute atomic E-state index is 2.46. The minimum absolute atomic E-state index is 0.0943. The van der Waals surface area contributed by atoms with Gasteiger partial charge in [-0.15, -0.1) is 11.3 Å². The Balaban J connectivity index is 0.994. The third-order valence-electron chi connectivity index (χ3n) is 13.1. The van der Waals surface area contributed by atoms with Crippen molar-refractivity contribution in [1.29, 1.82) is 0 Å². The fourth-order valence-corrected chi connectivity index (χ4v) is 11.5. The Morgan fingerprint density at radius 1 is 0.333 bits per heavy atom. The Bertz CT molecular complexity index is 3050. The highest BCUT2D eigenvalue weighted by Crippen LogP contribution is 2.60. The van der Waals surface area contributed by atoms with E-state index in [1.54, 1.807) is 0 Å². The molecule has 2 aliphatic rings. The van der Waals surface area contributed by atoms with Crippen LogP contribution in [-0.2, 0) is 10.8 Å². The van der Waals surface area contributed by atoms with Gasteiger partial charge in [0, 0.05) is 43.2 Å². The minimum Gasteiger partial charge on any atom is -0.310 e. The van der Waals surface area contributed by atoms with E-state index < -0.39 is 0 Å². The molecule has 0 saturated heterocycles. The first-order chi connectivity index (χ1) is 29.3. The zero-order valence-electron chi connectivity index (χ0n) is 34.4. The molecule has 0 radical (unpaired) electrons. The summed E-state index contributed by atoms with van der Waals surface area (Å²) in [6.45, 7) is 9.54. The van der Waals surface area contributed by atoms with Gasteiger partial charge in [0.25, 0.3) is 0 Å². The van der Waals surface area contributed by atoms with Crippen LogP contribution >= 0.6 is 11.3 Å². The van der Waals surface area contributed by atoms with Crippen molar-refractivity contribution in [2.24, 2.45) is 0 Å². The molecule has 0 amide bonds. The molecule has 0 bridgehead atoms. The Morgan fingerprint density at radius 3 is 1.42 bits per heavy atom. The van der Waals surface area contributed by atoms with Crippen LogP contribution in [0.15, 0.2) is 200 Å². The summed E-state index contributed by atoms with van der Waals surface area (Å²) in [5.74, 6) is 0. The van der Waals surface area contributed by atoms with Gasteiger partial charge >= 0.3 is 0 Å². The van der Waals surface area contributed by atoms with Crippen LogP contribution in [0.4, 0.5) is 17.1 Å². The number of hydrogen-bond donors (Lipinski definition) is 0. The predicted molar refractivity (Wildman–Crippen MR) is 256 cm³/mol. The fraction of sp³-hybridized carbons (Fsp3) is 0.103. The van der Waals surface area contributed by atoms with Crippen molar-refractivity contribution >= 4 is 28.4 Å². The molecule has 11 rings (SSSR count). The van der Waals surface area contributed by atoms with Crippen LogP contribution in [-0.4, -0.2) is 0 Å². The fourth-order valence-electron chi connectivity index (χ4n) is 9.98. The molecule has 0 aliphatic heterocycles. The van der Waals surface area contributed by atoms with Crippen LogP contribution in [0.5, 0.6) is 0 Å². The van der Waals surface area contributed by atoms with Gasteiger partial charge in [-0.3, -0.25) is 0 Å². The molecule has 1 heterocycles. The number of anilines is 3. The molecule has 1 nitrogen and oxygen atoms in total. The first-order valence-electron chi connectivity index (χ1n) is 21.0. The summed E-state index contributed by atoms with van der Waals surface area (Å²) in [7, 11) is 0. The lowest BCUT2D eigenvalue weighted by Crippen LogP contribution is -2.16. The summed E-state index contributed by atoms with van der Waals surface area (Å²) in [5, 5.41) is 0. The highest BCUT2D eigenvalue weighted by Gasteiger charge is 2.41. The van der Waals surface area contributed by atoms with Crippen LogP contribution in [0.2, 0.25) is 0 Å². The highest BCUT2D eigenvalue weighted by atomic mass is 32.1. The summed E-state index contributed by atoms with van der Waals surface area (Å²) < 4.78 is 0. The third kappa shape index (κ3) is 5.74. The molecule has 0 saturated carbocycles. The molecule has 60 heavy (non-hydrogen) atoms. The SMILES string of the molecule is CC1(C)c2ccccc2-c2ccc(N(c3ccc(-c4ccccc4)cc3)c3ccc(-c4ccc5c(c4)C(C)(C)c4c(-c6ccccc6)sc(-c6ccccc6)c4-5)cc3)cc21. The van der Waals surface area contributed by atoms with E-state index in [0.717, 1.165) is 17.1 Å². The van der Waals surface area contributed by atoms with Gasteiger partial charge in [-0.25, -0.2) is 0 Å². The van der Waals surface area contributed by atoms with Crippen LogP contribution in [0.25, 0.3) is 65.4 Å². The van der Waals surface area contributed by atoms with E-state index in [1.807, 2.05) is 11.3 Å². The van der Waals surface area contributed by atoms with Gasteiger partial charge < -0.3 is 4.90 Å². The standard InChI is InChI=1S/C58H45NS/c1-57(2)50-23-15-14-22-47(50)48-35-33-46(37-52(48)57)59(44-29-24-39(25-30-44)38-16-8-5-9-17-38)45-31-26-40(27-32-45)43-28-34-49-51(36-43)58(3,4)54-53(49)55(41-18-10-6-11-19-41)60-56(54)42-20-12-7-13-21-42/h5-37H,1-4H3. The molecule has 2 aliphatic carbocycles. The van der Waals surface area contributed by atoms with Crippen LogP contribution in [0, 0.1) is 0 Å². The molecule has 0 spiro atoms. The molecule has 0 unspecified atom stereocenters. The maximum Gasteiger partial charge on any atom is 0.0465 e. The molecular weight excluding hydrogens is 743 g/mol. The first kappa shape index (κ1) is 36.3. The van der Waals surface area contributed by atoms with Gasteiger partial charge in [-0.2, -0.15) is 0 Å². The number of thiophene rings is 1. The molecule has 0 atom stereocenters. The Hall–Kier alpha value is -6.74. The molecule has 2 heteroatoms. The van der Waals surface area contributed by atoms with Crippen LogP contribution < -0.4 is 4.90 Å². The molecule has 1 aromatic heterocycles. The highest BCUT2D eigenvalue weighted by molar-refractivity contribution is 7.19. The van der Waals surface area contributed by atoms with Gasteiger partial charge in [-0.05, 0) is 115 Å². The summed E-state index contributed by atoms with van der Waals surface area (Å²) in [6, 6.07) is 73.8. The van der Waals surface area contributed by atoms with Gasteiger partial charge in [0.2, 0.25) is 0 Å². The van der Waals surface area contributed by atoms with E-state index in [9.17, 15) is 0 Å². The first-order valence-corrected chi connectivity index (χ1v) is 21.8. The van der Waals surface area contributed by atoms with Gasteiger partial charge in [0.15, 0.2) is 0 Å². The van der Waals surface area contributed by atoms with E-state index in [-0.39, 0.29) is 10.8 Å². The van der Waals surface area contributed by atoms with Crippen LogP contribution in [0.1, 0.15) is 49.9 Å². The zero-order chi connectivity index (χ0) is 40.6. The monoisotopic (exact) mass is 787 g/mol. The topological polar surface area (TPSA) is 3.24 Å². The van der Waals surface area contributed by atoms with Gasteiger partial charge in [-0.1, -0.05) is 185 Å². The van der Waals surface area contributed by atoms with E-state index in [4.69, 9.17) is 0 Å². The van der Waals surface area contributed by atoms with Crippen molar-refractivity contribution in [2.45, 2.75) is 38.5 Å². The Labute approximate surface area is 357 Å². The molecule has 0 fully saturated rings. The van der Waals surface area contributed by atoms with Crippen molar-refractivity contribution in [3.63, 3.8) is 0 Å². The number of nitrogens with zero attached hydrogens (tertiary/aromatic N) is 1. The normalized spacial score (nSPS) is 13.9. The summed E-state index contributed by atoms with van der Waals surface area (Å²) in [6.07, 6.45) is 0. The molecular formula is C58H45NS. The van der Waals surface area contributed by atoms with E-state index in [2.05, 4.69) is 233 Å². The quantitative estimate of drug-likeness (QED) is 0.155. The molecule has 9 aromatic rings. The number of hydrogen-bond acceptors (Lipinski definition) is 2. The average molecular weight is 788 g/mol. The Morgan fingerprint density at radius 2 is 0.783 bits per heavy atom. The van der Waals surface area contributed by atoms with Crippen molar-refractivity contribution in [1.82, 2.24) is 0 Å². The van der Waals surface area contributed by atoms with Crippen molar-refractivity contribution in [3.8, 4) is 65.4 Å². The molecule has 288 valence electrons. The summed E-state index contributed by atoms with van der Waals surface area (Å²) in [4.78, 5) is 5.13. The van der Waals surface area contributed by atoms with Crippen molar-refractivity contribution < 1.29 is 0 Å². The molecule has 8 aromatic carbocycles. The number of fused-ring (bicyclic) bond motifs is 6. The van der Waals surface area contributed by atoms with Crippen LogP contribution in [0.3, 0.4) is 0 Å². The maximum atomic E-state index is 2.46. The van der Waals surface area contributed by atoms with Gasteiger partial charge in [0.05, 0.1) is 0 Å². The van der Waals surface area contributed by atoms with Crippen molar-refractivity contribution in [3.05, 3.63) is 222 Å². The minimum atomic E-state index is -0.168. The summed E-state index contributed by atoms with van der Waals surface area (Å²) in [5.41, 5.74) is 21.6. The predicted octanol–water partition coefficient (Wildman–Crippen LogP) is 16.5. The second-order valence-corrected chi connectivity index (χ2v) is 18.3. The lowest BCUT2D eigenvalue weighted by molar-refractivity contribution is 0.660. The Kier molecular flexibility index (Phi) is 8.44. The number of benzene rings is 8. The molecule has 0 N–H and O–H groups in total. The van der Waals surface area contributed by atoms with E-state index in [0.29, 0.717) is 0 Å². The zero-order valence-corrected chi connectivity index (χ0v) is 35.2. The lowest BCUT2D eigenvalue weighted by Gasteiger charge is -2.28. The summed E-state index contributed by atoms with van der Waals surface area (Å²) >= 11 is 1.93. The third-order valence-corrected chi connectivity index (χ3v) is 14.4. The van der Waals surface area contributed by atoms with Crippen molar-refractivity contribution in [2.75, 3.05) is 4.90 Å². The number of rotatable bonds is 7. The largest absolute Gasteiger partial charge is 0.310 e. The second-order valence-electron chi connectivity index (χ2n) is 17.3. The average Bonchev–Trinajstić information content (AvgIpc) is 3.89. The van der Waals surface area contributed by atoms with E-state index in [1.165, 1.54) is 87.6 Å². The van der Waals surface area contributed by atoms with Gasteiger partial charge in [0.1, 0.15) is 0 Å². The lowest BCUT2D eigenvalue weighted by atomic mass is 9.80. The smallest absolute Gasteiger partial charge is 0.0465 e.